The number of carbonyl (C=O) groups is 2. The number of hydrogen-bond donors (Lipinski definition) is 3. The summed E-state index contributed by atoms with van der Waals surface area (Å²) in [6.45, 7) is 3.90. The van der Waals surface area contributed by atoms with Crippen LogP contribution in [0, 0.1) is 0 Å². The van der Waals surface area contributed by atoms with Gasteiger partial charge in [0.05, 0.1) is 18.1 Å². The zero-order chi connectivity index (χ0) is 23.3. The molecule has 32 heavy (non-hydrogen) atoms. The molecule has 8 nitrogen and oxygen atoms in total. The lowest BCUT2D eigenvalue weighted by atomic mass is 10.1. The third-order valence-electron chi connectivity index (χ3n) is 4.95. The van der Waals surface area contributed by atoms with Gasteiger partial charge in [0.25, 0.3) is 5.91 Å². The first kappa shape index (κ1) is 23.5. The number of piperidine rings is 1. The summed E-state index contributed by atoms with van der Waals surface area (Å²) in [4.78, 5) is 29.9. The van der Waals surface area contributed by atoms with Gasteiger partial charge in [0.2, 0.25) is 0 Å². The van der Waals surface area contributed by atoms with Gasteiger partial charge in [-0.25, -0.2) is 9.78 Å². The van der Waals surface area contributed by atoms with E-state index < -0.39 is 12.1 Å². The van der Waals surface area contributed by atoms with Gasteiger partial charge in [0, 0.05) is 24.6 Å². The van der Waals surface area contributed by atoms with Gasteiger partial charge < -0.3 is 20.5 Å². The number of rotatable bonds is 3. The van der Waals surface area contributed by atoms with Crippen LogP contribution in [0.15, 0.2) is 30.6 Å². The number of nitrogens with one attached hydrogen (secondary N) is 2. The van der Waals surface area contributed by atoms with Crippen LogP contribution in [0.5, 0.6) is 5.75 Å². The van der Waals surface area contributed by atoms with Gasteiger partial charge in [0.1, 0.15) is 17.5 Å². The molecule has 11 heteroatoms. The number of carboxylic acid groups (broad SMARTS) is 1. The Morgan fingerprint density at radius 3 is 2.59 bits per heavy atom. The van der Waals surface area contributed by atoms with Crippen molar-refractivity contribution in [3.63, 3.8) is 0 Å². The Hall–Kier alpha value is -3.21. The molecule has 1 aromatic carbocycles. The number of fused-ring (bicyclic) bond motifs is 1. The highest BCUT2D eigenvalue weighted by atomic mass is 19.4. The zero-order valence-electron chi connectivity index (χ0n) is 17.3. The number of aromatic nitrogens is 2. The lowest BCUT2D eigenvalue weighted by Gasteiger charge is -2.23. The van der Waals surface area contributed by atoms with E-state index >= 15 is 0 Å². The zero-order valence-corrected chi connectivity index (χ0v) is 17.3. The number of hydrogen-bond acceptors (Lipinski definition) is 6. The fourth-order valence-electron chi connectivity index (χ4n) is 3.41. The van der Waals surface area contributed by atoms with E-state index in [4.69, 9.17) is 14.6 Å². The van der Waals surface area contributed by atoms with Crippen LogP contribution < -0.4 is 15.4 Å². The molecule has 0 saturated carbocycles. The Morgan fingerprint density at radius 1 is 1.25 bits per heavy atom. The van der Waals surface area contributed by atoms with Crippen molar-refractivity contribution >= 4 is 11.9 Å². The van der Waals surface area contributed by atoms with Gasteiger partial charge in [0.15, 0.2) is 0 Å². The maximum atomic E-state index is 12.3. The van der Waals surface area contributed by atoms with Crippen LogP contribution in [0.1, 0.15) is 35.8 Å². The Kier molecular flexibility index (Phi) is 7.29. The fourth-order valence-corrected chi connectivity index (χ4v) is 3.41. The largest absolute Gasteiger partial charge is 0.490 e. The van der Waals surface area contributed by atoms with Crippen molar-refractivity contribution in [3.05, 3.63) is 41.9 Å². The summed E-state index contributed by atoms with van der Waals surface area (Å²) in [6, 6.07) is 6.22. The van der Waals surface area contributed by atoms with Crippen molar-refractivity contribution in [2.45, 2.75) is 44.5 Å². The van der Waals surface area contributed by atoms with Gasteiger partial charge >= 0.3 is 12.1 Å². The second kappa shape index (κ2) is 9.94. The molecule has 0 bridgehead atoms. The molecule has 0 radical (unpaired) electrons. The van der Waals surface area contributed by atoms with Crippen LogP contribution in [0.2, 0.25) is 0 Å². The average molecular weight is 452 g/mol. The standard InChI is InChI=1S/C19H22N4O2.C2HF3O2/c1-12-7-14-8-13(4-5-18(14)25-12)16-10-22-17(11-21-16)19(24)23-15-3-2-6-20-9-15;3-2(4,5)1(6)7/h4-5,8,10-12,15,20H,2-3,6-7,9H2,1H3,(H,23,24);(H,6,7). The summed E-state index contributed by atoms with van der Waals surface area (Å²) in [5.74, 6) is -1.97. The van der Waals surface area contributed by atoms with Crippen LogP contribution >= 0.6 is 0 Å². The summed E-state index contributed by atoms with van der Waals surface area (Å²) >= 11 is 0. The maximum absolute atomic E-state index is 12.3. The monoisotopic (exact) mass is 452 g/mol. The van der Waals surface area contributed by atoms with E-state index in [0.717, 1.165) is 49.4 Å². The molecule has 3 heterocycles. The molecular formula is C21H23F3N4O4. The minimum atomic E-state index is -5.08. The Morgan fingerprint density at radius 2 is 2.00 bits per heavy atom. The van der Waals surface area contributed by atoms with Crippen molar-refractivity contribution in [3.8, 4) is 17.0 Å². The van der Waals surface area contributed by atoms with Gasteiger partial charge in [-0.1, -0.05) is 0 Å². The molecule has 1 saturated heterocycles. The normalized spacial score (nSPS) is 19.8. The molecule has 1 fully saturated rings. The fraction of sp³-hybridized carbons (Fsp3) is 0.429. The van der Waals surface area contributed by atoms with Crippen molar-refractivity contribution in [1.82, 2.24) is 20.6 Å². The SMILES string of the molecule is CC1Cc2cc(-c3cnc(C(=O)NC4CCCNC4)cn3)ccc2O1.O=C(O)C(F)(F)F. The first-order valence-electron chi connectivity index (χ1n) is 10.1. The number of nitrogens with zero attached hydrogens (tertiary/aromatic N) is 2. The Bertz CT molecular complexity index is 961. The highest BCUT2D eigenvalue weighted by molar-refractivity contribution is 5.92. The van der Waals surface area contributed by atoms with Crippen molar-refractivity contribution in [2.75, 3.05) is 13.1 Å². The van der Waals surface area contributed by atoms with Crippen molar-refractivity contribution in [1.29, 1.82) is 0 Å². The Labute approximate surface area is 182 Å². The average Bonchev–Trinajstić information content (AvgIpc) is 3.13. The van der Waals surface area contributed by atoms with E-state index in [-0.39, 0.29) is 18.1 Å². The molecule has 2 unspecified atom stereocenters. The van der Waals surface area contributed by atoms with Gasteiger partial charge in [-0.05, 0) is 50.1 Å². The molecule has 2 aromatic rings. The maximum Gasteiger partial charge on any atom is 0.490 e. The van der Waals surface area contributed by atoms with E-state index in [1.54, 1.807) is 12.4 Å². The topological polar surface area (TPSA) is 113 Å². The van der Waals surface area contributed by atoms with E-state index in [0.29, 0.717) is 5.69 Å². The lowest BCUT2D eigenvalue weighted by molar-refractivity contribution is -0.192. The number of carboxylic acids is 1. The molecule has 3 N–H and O–H groups in total. The van der Waals surface area contributed by atoms with Crippen molar-refractivity contribution in [2.24, 2.45) is 0 Å². The van der Waals surface area contributed by atoms with Crippen LogP contribution in [0.3, 0.4) is 0 Å². The smallest absolute Gasteiger partial charge is 0.490 e. The quantitative estimate of drug-likeness (QED) is 0.656. The molecule has 0 aliphatic carbocycles. The molecule has 2 atom stereocenters. The van der Waals surface area contributed by atoms with E-state index in [2.05, 4.69) is 33.6 Å². The highest BCUT2D eigenvalue weighted by Crippen LogP contribution is 2.32. The van der Waals surface area contributed by atoms with Gasteiger partial charge in [-0.15, -0.1) is 0 Å². The number of amides is 1. The molecule has 172 valence electrons. The van der Waals surface area contributed by atoms with Crippen molar-refractivity contribution < 1.29 is 32.6 Å². The number of carbonyl (C=O) groups excluding carboxylic acids is 1. The summed E-state index contributed by atoms with van der Waals surface area (Å²) in [5.41, 5.74) is 3.30. The third kappa shape index (κ3) is 6.16. The minimum Gasteiger partial charge on any atom is -0.490 e. The predicted molar refractivity (Wildman–Crippen MR) is 108 cm³/mol. The summed E-state index contributed by atoms with van der Waals surface area (Å²) in [6.07, 6.45) is 1.34. The number of aliphatic carboxylic acids is 1. The van der Waals surface area contributed by atoms with E-state index in [1.807, 2.05) is 12.1 Å². The second-order valence-corrected chi connectivity index (χ2v) is 7.56. The number of benzene rings is 1. The lowest BCUT2D eigenvalue weighted by Crippen LogP contribution is -2.45. The van der Waals surface area contributed by atoms with Crippen LogP contribution in [0.4, 0.5) is 13.2 Å². The first-order valence-corrected chi connectivity index (χ1v) is 10.1. The predicted octanol–water partition coefficient (Wildman–Crippen LogP) is 2.58. The minimum absolute atomic E-state index is 0.163. The summed E-state index contributed by atoms with van der Waals surface area (Å²) < 4.78 is 37.5. The molecule has 4 rings (SSSR count). The molecule has 1 amide bonds. The second-order valence-electron chi connectivity index (χ2n) is 7.56. The Balaban J connectivity index is 0.000000360. The molecule has 2 aliphatic heterocycles. The van der Waals surface area contributed by atoms with Crippen LogP contribution in [-0.4, -0.2) is 58.4 Å². The summed E-state index contributed by atoms with van der Waals surface area (Å²) in [5, 5.41) is 13.4. The van der Waals surface area contributed by atoms with Gasteiger partial charge in [-0.3, -0.25) is 9.78 Å². The molecule has 0 spiro atoms. The van der Waals surface area contributed by atoms with Gasteiger partial charge in [-0.2, -0.15) is 13.2 Å². The number of halogens is 3. The number of ether oxygens (including phenoxy) is 1. The molecular weight excluding hydrogens is 429 g/mol. The highest BCUT2D eigenvalue weighted by Gasteiger charge is 2.38. The summed E-state index contributed by atoms with van der Waals surface area (Å²) in [7, 11) is 0. The number of alkyl halides is 3. The van der Waals surface area contributed by atoms with Crippen LogP contribution in [0.25, 0.3) is 11.3 Å². The van der Waals surface area contributed by atoms with E-state index in [1.165, 1.54) is 5.56 Å². The van der Waals surface area contributed by atoms with E-state index in [9.17, 15) is 18.0 Å². The van der Waals surface area contributed by atoms with Crippen LogP contribution in [-0.2, 0) is 11.2 Å². The third-order valence-corrected chi connectivity index (χ3v) is 4.95. The molecule has 1 aromatic heterocycles. The molecule has 2 aliphatic rings. The first-order chi connectivity index (χ1) is 15.1.